The van der Waals surface area contributed by atoms with Gasteiger partial charge in [-0.15, -0.1) is 0 Å². The average Bonchev–Trinajstić information content (AvgIpc) is 1.63. The third-order valence-electron chi connectivity index (χ3n) is 2.42. The number of nitrogens with two attached hydrogens (primary N) is 1. The van der Waals surface area contributed by atoms with Crippen LogP contribution in [0.1, 0.15) is 0 Å². The molecule has 0 bridgehead atoms. The Morgan fingerprint density at radius 3 is 1.40 bits per heavy atom. The van der Waals surface area contributed by atoms with Crippen LogP contribution in [0.3, 0.4) is 0 Å². The van der Waals surface area contributed by atoms with Gasteiger partial charge in [0, 0.05) is 5.54 Å². The molecule has 4 saturated carbocycles. The molecule has 0 atom stereocenters. The molecule has 1 heteroatoms. The van der Waals surface area contributed by atoms with Crippen molar-refractivity contribution in [1.29, 1.82) is 0 Å². The Balaban J connectivity index is 2.55. The minimum Gasteiger partial charge on any atom is -0.324 e. The van der Waals surface area contributed by atoms with Crippen LogP contribution < -0.4 is 5.73 Å². The largest absolute Gasteiger partial charge is 0.324 e. The van der Waals surface area contributed by atoms with Crippen LogP contribution in [-0.4, -0.2) is 5.54 Å². The normalized spacial score (nSPS) is 104. The molecular formula is C4H5N. The summed E-state index contributed by atoms with van der Waals surface area (Å²) in [6.45, 7) is 0. The Bertz CT molecular complexity index is 91.0. The van der Waals surface area contributed by atoms with Crippen LogP contribution >= 0.6 is 0 Å². The summed E-state index contributed by atoms with van der Waals surface area (Å²) < 4.78 is 0. The quantitative estimate of drug-likeness (QED) is 0.409. The van der Waals surface area contributed by atoms with Gasteiger partial charge in [0.25, 0.3) is 0 Å². The fourth-order valence-corrected chi connectivity index (χ4v) is 1.41. The van der Waals surface area contributed by atoms with E-state index in [4.69, 9.17) is 5.73 Å². The van der Waals surface area contributed by atoms with E-state index in [0.717, 1.165) is 17.8 Å². The lowest BCUT2D eigenvalue weighted by molar-refractivity contribution is 1.03. The SMILES string of the molecule is NC12C3C1C32. The Morgan fingerprint density at radius 2 is 1.40 bits per heavy atom. The molecular weight excluding hydrogens is 62.1 g/mol. The molecule has 2 N–H and O–H groups in total. The zero-order chi connectivity index (χ0) is 3.23. The van der Waals surface area contributed by atoms with Crippen molar-refractivity contribution in [3.8, 4) is 0 Å². The maximum Gasteiger partial charge on any atom is 0.0260 e. The lowest BCUT2D eigenvalue weighted by atomic mass is 10.8. The molecule has 0 amide bonds. The highest BCUT2D eigenvalue weighted by atomic mass is 15.2. The maximum atomic E-state index is 5.58. The Kier molecular flexibility index (Phi) is 0.0498. The van der Waals surface area contributed by atoms with Gasteiger partial charge in [-0.3, -0.25) is 0 Å². The number of rotatable bonds is 0. The minimum atomic E-state index is 0.500. The molecule has 4 aliphatic carbocycles. The van der Waals surface area contributed by atoms with E-state index in [2.05, 4.69) is 0 Å². The number of hydrogen-bond donors (Lipinski definition) is 1. The fraction of sp³-hybridized carbons (Fsp3) is 1.00. The Labute approximate surface area is 30.2 Å². The van der Waals surface area contributed by atoms with Crippen molar-refractivity contribution in [3.05, 3.63) is 0 Å². The smallest absolute Gasteiger partial charge is 0.0260 e. The molecule has 0 heterocycles. The van der Waals surface area contributed by atoms with E-state index in [1.54, 1.807) is 0 Å². The third kappa shape index (κ3) is 0.0315. The van der Waals surface area contributed by atoms with Gasteiger partial charge in [0.15, 0.2) is 0 Å². The molecule has 0 aromatic carbocycles. The molecule has 0 aromatic heterocycles. The second kappa shape index (κ2) is 0.155. The molecule has 26 valence electrons. The van der Waals surface area contributed by atoms with Crippen molar-refractivity contribution in [1.82, 2.24) is 0 Å². The van der Waals surface area contributed by atoms with Crippen molar-refractivity contribution in [2.24, 2.45) is 23.5 Å². The summed E-state index contributed by atoms with van der Waals surface area (Å²) in [5, 5.41) is 0. The topological polar surface area (TPSA) is 26.0 Å². The lowest BCUT2D eigenvalue weighted by Crippen LogP contribution is -1.99. The van der Waals surface area contributed by atoms with Crippen LogP contribution in [0.2, 0.25) is 0 Å². The van der Waals surface area contributed by atoms with E-state index in [-0.39, 0.29) is 0 Å². The summed E-state index contributed by atoms with van der Waals surface area (Å²) in [5.74, 6) is 3.17. The first-order valence-corrected chi connectivity index (χ1v) is 2.15. The van der Waals surface area contributed by atoms with E-state index in [1.807, 2.05) is 0 Å². The lowest BCUT2D eigenvalue weighted by Gasteiger charge is -1.60. The molecule has 0 aliphatic heterocycles. The molecule has 0 saturated heterocycles. The predicted octanol–water partition coefficient (Wildman–Crippen LogP) is -0.427. The molecule has 0 radical (unpaired) electrons. The molecule has 4 fully saturated rings. The van der Waals surface area contributed by atoms with Crippen molar-refractivity contribution in [3.63, 3.8) is 0 Å². The second-order valence-corrected chi connectivity index (χ2v) is 2.58. The van der Waals surface area contributed by atoms with Crippen molar-refractivity contribution >= 4 is 0 Å². The van der Waals surface area contributed by atoms with Gasteiger partial charge in [-0.1, -0.05) is 0 Å². The second-order valence-electron chi connectivity index (χ2n) is 2.58. The van der Waals surface area contributed by atoms with Gasteiger partial charge in [-0.05, 0) is 17.8 Å². The summed E-state index contributed by atoms with van der Waals surface area (Å²) in [6.07, 6.45) is 0. The van der Waals surface area contributed by atoms with E-state index < -0.39 is 0 Å². The molecule has 0 unspecified atom stereocenters. The maximum absolute atomic E-state index is 5.58. The van der Waals surface area contributed by atoms with E-state index in [9.17, 15) is 0 Å². The van der Waals surface area contributed by atoms with Crippen LogP contribution in [0.5, 0.6) is 0 Å². The van der Waals surface area contributed by atoms with Gasteiger partial charge in [0.1, 0.15) is 0 Å². The minimum absolute atomic E-state index is 0.500. The summed E-state index contributed by atoms with van der Waals surface area (Å²) in [6, 6.07) is 0. The zero-order valence-electron chi connectivity index (χ0n) is 2.81. The van der Waals surface area contributed by atoms with Gasteiger partial charge in [-0.25, -0.2) is 0 Å². The standard InChI is InChI=1S/C4H5N/c5-4-1-2(4)3(1)4/h1-3H,5H2. The van der Waals surface area contributed by atoms with Crippen LogP contribution in [-0.2, 0) is 0 Å². The highest BCUT2D eigenvalue weighted by molar-refractivity contribution is 5.60. The van der Waals surface area contributed by atoms with E-state index >= 15 is 0 Å². The molecule has 1 nitrogen and oxygen atoms in total. The fourth-order valence-electron chi connectivity index (χ4n) is 1.41. The van der Waals surface area contributed by atoms with Gasteiger partial charge < -0.3 is 5.73 Å². The van der Waals surface area contributed by atoms with Gasteiger partial charge in [-0.2, -0.15) is 0 Å². The molecule has 4 rings (SSSR count). The van der Waals surface area contributed by atoms with Gasteiger partial charge in [0.05, 0.1) is 0 Å². The monoisotopic (exact) mass is 67.0 g/mol. The predicted molar refractivity (Wildman–Crippen MR) is 17.4 cm³/mol. The first-order chi connectivity index (χ1) is 2.37. The molecule has 0 spiro atoms. The highest BCUT2D eigenvalue weighted by Crippen LogP contribution is 3.01. The summed E-state index contributed by atoms with van der Waals surface area (Å²) in [7, 11) is 0. The third-order valence-corrected chi connectivity index (χ3v) is 2.42. The highest BCUT2D eigenvalue weighted by Gasteiger charge is 3.08. The molecule has 4 aliphatic rings. The summed E-state index contributed by atoms with van der Waals surface area (Å²) >= 11 is 0. The van der Waals surface area contributed by atoms with Crippen molar-refractivity contribution in [2.75, 3.05) is 0 Å². The van der Waals surface area contributed by atoms with E-state index in [1.165, 1.54) is 0 Å². The van der Waals surface area contributed by atoms with E-state index in [0.29, 0.717) is 5.54 Å². The first kappa shape index (κ1) is 1.61. The Morgan fingerprint density at radius 1 is 1.20 bits per heavy atom. The van der Waals surface area contributed by atoms with Crippen LogP contribution in [0.15, 0.2) is 0 Å². The van der Waals surface area contributed by atoms with Crippen LogP contribution in [0.4, 0.5) is 0 Å². The van der Waals surface area contributed by atoms with Gasteiger partial charge >= 0.3 is 0 Å². The number of hydrogen-bond acceptors (Lipinski definition) is 1. The summed E-state index contributed by atoms with van der Waals surface area (Å²) in [4.78, 5) is 0. The molecule has 0 aromatic rings. The Hall–Kier alpha value is -0.0400. The van der Waals surface area contributed by atoms with Crippen LogP contribution in [0, 0.1) is 17.8 Å². The first-order valence-electron chi connectivity index (χ1n) is 2.15. The van der Waals surface area contributed by atoms with Crippen molar-refractivity contribution < 1.29 is 0 Å². The average molecular weight is 67.1 g/mol. The van der Waals surface area contributed by atoms with Gasteiger partial charge in [0.2, 0.25) is 0 Å². The van der Waals surface area contributed by atoms with Crippen molar-refractivity contribution in [2.45, 2.75) is 5.54 Å². The zero-order valence-corrected chi connectivity index (χ0v) is 2.81. The molecule has 5 heavy (non-hydrogen) atoms. The summed E-state index contributed by atoms with van der Waals surface area (Å²) in [5.41, 5.74) is 6.08. The van der Waals surface area contributed by atoms with Crippen LogP contribution in [0.25, 0.3) is 0 Å².